The van der Waals surface area contributed by atoms with Crippen LogP contribution in [-0.4, -0.2) is 35.0 Å². The molecule has 1 aromatic heterocycles. The fourth-order valence-corrected chi connectivity index (χ4v) is 4.49. The van der Waals surface area contributed by atoms with Gasteiger partial charge < -0.3 is 20.3 Å². The molecule has 0 aliphatic carbocycles. The summed E-state index contributed by atoms with van der Waals surface area (Å²) in [6.45, 7) is 7.10. The Hall–Kier alpha value is -3.64. The van der Waals surface area contributed by atoms with Crippen molar-refractivity contribution in [2.75, 3.05) is 28.6 Å². The molecule has 0 spiro atoms. The lowest BCUT2D eigenvalue weighted by atomic mass is 10.0. The predicted octanol–water partition coefficient (Wildman–Crippen LogP) is 5.56. The van der Waals surface area contributed by atoms with Crippen LogP contribution in [0.15, 0.2) is 47.1 Å². The summed E-state index contributed by atoms with van der Waals surface area (Å²) in [5, 5.41) is 15.5. The van der Waals surface area contributed by atoms with Crippen LogP contribution in [0, 0.1) is 25.2 Å². The lowest BCUT2D eigenvalue weighted by Crippen LogP contribution is -2.39. The van der Waals surface area contributed by atoms with Crippen LogP contribution in [-0.2, 0) is 4.79 Å². The van der Waals surface area contributed by atoms with E-state index < -0.39 is 0 Å². The van der Waals surface area contributed by atoms with Crippen LogP contribution in [0.5, 0.6) is 11.6 Å². The highest BCUT2D eigenvalue weighted by Gasteiger charge is 2.21. The van der Waals surface area contributed by atoms with Crippen LogP contribution in [0.2, 0.25) is 0 Å². The van der Waals surface area contributed by atoms with E-state index in [1.54, 1.807) is 18.3 Å². The summed E-state index contributed by atoms with van der Waals surface area (Å²) in [4.78, 5) is 22.7. The Labute approximate surface area is 213 Å². The van der Waals surface area contributed by atoms with Crippen molar-refractivity contribution in [2.24, 2.45) is 0 Å². The number of carbonyl (C=O) groups is 1. The molecule has 3 aromatic rings. The number of halogens is 1. The van der Waals surface area contributed by atoms with Crippen molar-refractivity contribution in [2.45, 2.75) is 39.7 Å². The van der Waals surface area contributed by atoms with Crippen LogP contribution in [0.4, 0.5) is 17.3 Å². The molecule has 35 heavy (non-hydrogen) atoms. The van der Waals surface area contributed by atoms with Crippen LogP contribution < -0.4 is 20.3 Å². The highest BCUT2D eigenvalue weighted by molar-refractivity contribution is 9.10. The van der Waals surface area contributed by atoms with Gasteiger partial charge in [-0.3, -0.25) is 4.79 Å². The fraction of sp³-hybridized carbons (Fsp3) is 0.308. The second-order valence-electron chi connectivity index (χ2n) is 8.64. The van der Waals surface area contributed by atoms with E-state index in [1.165, 1.54) is 6.92 Å². The average Bonchev–Trinajstić information content (AvgIpc) is 2.83. The van der Waals surface area contributed by atoms with Gasteiger partial charge in [0.05, 0.1) is 22.3 Å². The zero-order valence-electron chi connectivity index (χ0n) is 19.9. The lowest BCUT2D eigenvalue weighted by Gasteiger charge is -2.34. The number of aryl methyl sites for hydroxylation is 2. The molecule has 180 valence electrons. The maximum absolute atomic E-state index is 11.4. The molecule has 2 aromatic carbocycles. The molecule has 1 fully saturated rings. The number of hydrogen-bond donors (Lipinski definition) is 2. The number of carbonyl (C=O) groups excluding carboxylic acids is 1. The third-order valence-corrected chi connectivity index (χ3v) is 6.40. The van der Waals surface area contributed by atoms with Crippen LogP contribution in [0.3, 0.4) is 0 Å². The number of hydrogen-bond acceptors (Lipinski definition) is 7. The van der Waals surface area contributed by atoms with E-state index in [0.717, 1.165) is 48.4 Å². The van der Waals surface area contributed by atoms with Gasteiger partial charge in [-0.15, -0.1) is 0 Å². The summed E-state index contributed by atoms with van der Waals surface area (Å²) in [5.74, 6) is 1.54. The predicted molar refractivity (Wildman–Crippen MR) is 140 cm³/mol. The van der Waals surface area contributed by atoms with E-state index in [2.05, 4.69) is 53.6 Å². The maximum atomic E-state index is 11.4. The highest BCUT2D eigenvalue weighted by atomic mass is 79.9. The normalized spacial score (nSPS) is 13.7. The van der Waals surface area contributed by atoms with Crippen LogP contribution in [0.25, 0.3) is 0 Å². The molecule has 1 aliphatic rings. The van der Waals surface area contributed by atoms with Gasteiger partial charge in [0.2, 0.25) is 17.7 Å². The molecule has 1 saturated heterocycles. The molecule has 1 aliphatic heterocycles. The number of rotatable bonds is 6. The van der Waals surface area contributed by atoms with Crippen molar-refractivity contribution in [3.63, 3.8) is 0 Å². The Morgan fingerprint density at radius 1 is 1.20 bits per heavy atom. The van der Waals surface area contributed by atoms with Gasteiger partial charge >= 0.3 is 0 Å². The van der Waals surface area contributed by atoms with Gasteiger partial charge in [-0.25, -0.2) is 4.98 Å². The minimum atomic E-state index is -0.0765. The van der Waals surface area contributed by atoms with Crippen molar-refractivity contribution >= 4 is 39.2 Å². The number of piperidine rings is 1. The molecule has 0 atom stereocenters. The first-order chi connectivity index (χ1) is 16.8. The number of nitriles is 1. The first-order valence-electron chi connectivity index (χ1n) is 11.4. The van der Waals surface area contributed by atoms with Crippen LogP contribution >= 0.6 is 15.9 Å². The molecule has 2 heterocycles. The highest BCUT2D eigenvalue weighted by Crippen LogP contribution is 2.33. The third kappa shape index (κ3) is 6.08. The summed E-state index contributed by atoms with van der Waals surface area (Å²) < 4.78 is 6.78. The molecule has 1 amide bonds. The van der Waals surface area contributed by atoms with Crippen molar-refractivity contribution in [1.29, 1.82) is 5.26 Å². The van der Waals surface area contributed by atoms with E-state index in [9.17, 15) is 10.1 Å². The van der Waals surface area contributed by atoms with Gasteiger partial charge in [0, 0.05) is 37.4 Å². The second kappa shape index (κ2) is 10.7. The standard InChI is InChI=1S/C26H27BrN6O2/c1-16-11-19(14-28)12-17(2)24(16)35-25-23(27)15-29-26(32-25)31-20-7-9-33(10-8-20)22-6-4-5-21(13-22)30-18(3)34/h4-6,11-13,15,20H,7-10H2,1-3H3,(H,30,34)(H,29,31,32). The van der Waals surface area contributed by atoms with Crippen molar-refractivity contribution in [3.05, 3.63) is 63.8 Å². The average molecular weight is 535 g/mol. The molecule has 9 heteroatoms. The molecule has 0 bridgehead atoms. The van der Waals surface area contributed by atoms with E-state index >= 15 is 0 Å². The lowest BCUT2D eigenvalue weighted by molar-refractivity contribution is -0.114. The number of nitrogens with one attached hydrogen (secondary N) is 2. The van der Waals surface area contributed by atoms with Gasteiger partial charge in [0.1, 0.15) is 5.75 Å². The Bertz CT molecular complexity index is 1260. The number of anilines is 3. The van der Waals surface area contributed by atoms with E-state index in [1.807, 2.05) is 32.0 Å². The molecule has 0 unspecified atom stereocenters. The Balaban J connectivity index is 1.40. The number of benzene rings is 2. The van der Waals surface area contributed by atoms with Crippen molar-refractivity contribution in [1.82, 2.24) is 9.97 Å². The van der Waals surface area contributed by atoms with Crippen LogP contribution in [0.1, 0.15) is 36.5 Å². The Kier molecular flexibility index (Phi) is 7.51. The third-order valence-electron chi connectivity index (χ3n) is 5.86. The number of aromatic nitrogens is 2. The zero-order valence-corrected chi connectivity index (χ0v) is 21.5. The van der Waals surface area contributed by atoms with Crippen molar-refractivity contribution < 1.29 is 9.53 Å². The Morgan fingerprint density at radius 2 is 1.91 bits per heavy atom. The van der Waals surface area contributed by atoms with Gasteiger partial charge in [0.15, 0.2) is 0 Å². The molecule has 2 N–H and O–H groups in total. The quantitative estimate of drug-likeness (QED) is 0.426. The van der Waals surface area contributed by atoms with Gasteiger partial charge in [-0.05, 0) is 84.1 Å². The van der Waals surface area contributed by atoms with Gasteiger partial charge in [0.25, 0.3) is 0 Å². The molecular weight excluding hydrogens is 508 g/mol. The van der Waals surface area contributed by atoms with E-state index in [4.69, 9.17) is 4.74 Å². The SMILES string of the molecule is CC(=O)Nc1cccc(N2CCC(Nc3ncc(Br)c(Oc4c(C)cc(C#N)cc4C)n3)CC2)c1. The summed E-state index contributed by atoms with van der Waals surface area (Å²) >= 11 is 3.48. The van der Waals surface area contributed by atoms with E-state index in [-0.39, 0.29) is 11.9 Å². The number of amides is 1. The first kappa shape index (κ1) is 24.5. The summed E-state index contributed by atoms with van der Waals surface area (Å²) in [5.41, 5.74) is 4.25. The smallest absolute Gasteiger partial charge is 0.238 e. The molecule has 0 saturated carbocycles. The molecule has 0 radical (unpaired) electrons. The summed E-state index contributed by atoms with van der Waals surface area (Å²) in [6, 6.07) is 13.9. The number of ether oxygens (including phenoxy) is 1. The minimum Gasteiger partial charge on any atom is -0.437 e. The monoisotopic (exact) mass is 534 g/mol. The second-order valence-corrected chi connectivity index (χ2v) is 9.49. The zero-order chi connectivity index (χ0) is 24.9. The fourth-order valence-electron chi connectivity index (χ4n) is 4.21. The minimum absolute atomic E-state index is 0.0765. The number of nitrogens with zero attached hydrogens (tertiary/aromatic N) is 4. The van der Waals surface area contributed by atoms with Crippen molar-refractivity contribution in [3.8, 4) is 17.7 Å². The largest absolute Gasteiger partial charge is 0.437 e. The van der Waals surface area contributed by atoms with Gasteiger partial charge in [-0.2, -0.15) is 10.2 Å². The molecule has 4 rings (SSSR count). The maximum Gasteiger partial charge on any atom is 0.238 e. The first-order valence-corrected chi connectivity index (χ1v) is 12.2. The summed E-state index contributed by atoms with van der Waals surface area (Å²) in [7, 11) is 0. The molecule has 8 nitrogen and oxygen atoms in total. The Morgan fingerprint density at radius 3 is 2.57 bits per heavy atom. The molecular formula is C26H27BrN6O2. The van der Waals surface area contributed by atoms with E-state index in [0.29, 0.717) is 27.6 Å². The van der Waals surface area contributed by atoms with Gasteiger partial charge in [-0.1, -0.05) is 6.07 Å². The topological polar surface area (TPSA) is 103 Å². The summed E-state index contributed by atoms with van der Waals surface area (Å²) in [6.07, 6.45) is 3.53.